The fourth-order valence-corrected chi connectivity index (χ4v) is 3.17. The van der Waals surface area contributed by atoms with Gasteiger partial charge in [-0.2, -0.15) is 0 Å². The molecule has 1 aromatic rings. The minimum Gasteiger partial charge on any atom is -0.331 e. The zero-order chi connectivity index (χ0) is 9.73. The van der Waals surface area contributed by atoms with Gasteiger partial charge in [0.2, 0.25) is 0 Å². The van der Waals surface area contributed by atoms with Crippen molar-refractivity contribution in [2.75, 3.05) is 6.54 Å². The minimum atomic E-state index is -1.42. The third kappa shape index (κ3) is 2.83. The molecule has 0 spiro atoms. The number of nitrogens with one attached hydrogen (secondary N) is 1. The lowest BCUT2D eigenvalue weighted by molar-refractivity contribution is 1.05. The summed E-state index contributed by atoms with van der Waals surface area (Å²) < 4.78 is 0. The Morgan fingerprint density at radius 1 is 1.31 bits per heavy atom. The highest BCUT2D eigenvalue weighted by Crippen LogP contribution is 1.98. The number of benzene rings is 1. The molecule has 1 rings (SSSR count). The van der Waals surface area contributed by atoms with E-state index in [1.54, 1.807) is 0 Å². The maximum absolute atomic E-state index is 3.72. The van der Waals surface area contributed by atoms with Crippen molar-refractivity contribution in [3.63, 3.8) is 0 Å². The third-order valence-corrected chi connectivity index (χ3v) is 5.05. The van der Waals surface area contributed by atoms with Crippen LogP contribution in [0.25, 0.3) is 0 Å². The maximum Gasteiger partial charge on any atom is 0.151 e. The van der Waals surface area contributed by atoms with Crippen molar-refractivity contribution in [2.24, 2.45) is 0 Å². The zero-order valence-electron chi connectivity index (χ0n) is 8.38. The van der Waals surface area contributed by atoms with Crippen LogP contribution in [0.5, 0.6) is 0 Å². The molecule has 1 nitrogen and oxygen atoms in total. The fourth-order valence-electron chi connectivity index (χ4n) is 1.28. The Balaban J connectivity index is 2.74. The van der Waals surface area contributed by atoms with Gasteiger partial charge in [0.15, 0.2) is 8.24 Å². The molecule has 0 radical (unpaired) electrons. The lowest BCUT2D eigenvalue weighted by atomic mass is 10.4. The molecule has 0 aliphatic rings. The van der Waals surface area contributed by atoms with Crippen LogP contribution >= 0.6 is 0 Å². The monoisotopic (exact) mass is 191 g/mol. The number of hydrogen-bond acceptors (Lipinski definition) is 1. The van der Waals surface area contributed by atoms with Gasteiger partial charge in [0.1, 0.15) is 0 Å². The first-order chi connectivity index (χ1) is 6.17. The van der Waals surface area contributed by atoms with E-state index in [9.17, 15) is 0 Å². The van der Waals surface area contributed by atoms with E-state index in [4.69, 9.17) is 0 Å². The molecule has 0 fully saturated rings. The second kappa shape index (κ2) is 4.39. The van der Waals surface area contributed by atoms with Gasteiger partial charge < -0.3 is 4.98 Å². The molecule has 0 amide bonds. The van der Waals surface area contributed by atoms with Crippen LogP contribution in [0.4, 0.5) is 0 Å². The van der Waals surface area contributed by atoms with Crippen molar-refractivity contribution < 1.29 is 0 Å². The molecule has 0 heterocycles. The first-order valence-electron chi connectivity index (χ1n) is 4.58. The minimum absolute atomic E-state index is 0.897. The molecular weight excluding hydrogens is 174 g/mol. The predicted octanol–water partition coefficient (Wildman–Crippen LogP) is 1.87. The van der Waals surface area contributed by atoms with Crippen molar-refractivity contribution in [3.05, 3.63) is 43.0 Å². The maximum atomic E-state index is 3.72. The molecule has 70 valence electrons. The zero-order valence-corrected chi connectivity index (χ0v) is 9.38. The van der Waals surface area contributed by atoms with Crippen molar-refractivity contribution >= 4 is 13.4 Å². The molecule has 0 aliphatic heterocycles. The van der Waals surface area contributed by atoms with Crippen LogP contribution in [0, 0.1) is 0 Å². The first-order valence-corrected chi connectivity index (χ1v) is 7.58. The summed E-state index contributed by atoms with van der Waals surface area (Å²) in [7, 11) is -1.42. The largest absolute Gasteiger partial charge is 0.331 e. The summed E-state index contributed by atoms with van der Waals surface area (Å²) >= 11 is 0. The molecule has 0 unspecified atom stereocenters. The summed E-state index contributed by atoms with van der Waals surface area (Å²) in [5.74, 6) is 0. The molecule has 0 aliphatic carbocycles. The van der Waals surface area contributed by atoms with Crippen LogP contribution < -0.4 is 10.2 Å². The van der Waals surface area contributed by atoms with Gasteiger partial charge in [-0.1, -0.05) is 49.5 Å². The molecule has 13 heavy (non-hydrogen) atoms. The number of hydrogen-bond donors (Lipinski definition) is 1. The average molecular weight is 191 g/mol. The fraction of sp³-hybridized carbons (Fsp3) is 0.273. The van der Waals surface area contributed by atoms with Crippen molar-refractivity contribution in [1.29, 1.82) is 0 Å². The first kappa shape index (κ1) is 10.2. The Morgan fingerprint density at radius 2 is 1.92 bits per heavy atom. The molecule has 0 bridgehead atoms. The molecule has 0 saturated carbocycles. The summed E-state index contributed by atoms with van der Waals surface area (Å²) in [5, 5.41) is 1.44. The Morgan fingerprint density at radius 3 is 2.46 bits per heavy atom. The van der Waals surface area contributed by atoms with Gasteiger partial charge in [0.05, 0.1) is 0 Å². The topological polar surface area (TPSA) is 12.0 Å². The lowest BCUT2D eigenvalue weighted by Gasteiger charge is -2.23. The van der Waals surface area contributed by atoms with E-state index in [2.05, 4.69) is 55.0 Å². The van der Waals surface area contributed by atoms with Crippen LogP contribution in [0.15, 0.2) is 43.0 Å². The average Bonchev–Trinajstić information content (AvgIpc) is 2.16. The van der Waals surface area contributed by atoms with E-state index < -0.39 is 8.24 Å². The quantitative estimate of drug-likeness (QED) is 0.566. The summed E-state index contributed by atoms with van der Waals surface area (Å²) in [4.78, 5) is 3.55. The van der Waals surface area contributed by atoms with E-state index in [-0.39, 0.29) is 0 Å². The second-order valence-electron chi connectivity index (χ2n) is 3.66. The van der Waals surface area contributed by atoms with Gasteiger partial charge in [-0.05, 0) is 5.19 Å². The molecule has 1 aromatic carbocycles. The van der Waals surface area contributed by atoms with Crippen molar-refractivity contribution in [1.82, 2.24) is 4.98 Å². The van der Waals surface area contributed by atoms with Gasteiger partial charge in [-0.3, -0.25) is 0 Å². The van der Waals surface area contributed by atoms with Gasteiger partial charge in [0, 0.05) is 6.54 Å². The van der Waals surface area contributed by atoms with Crippen molar-refractivity contribution in [2.45, 2.75) is 13.1 Å². The van der Waals surface area contributed by atoms with E-state index in [1.807, 2.05) is 6.08 Å². The van der Waals surface area contributed by atoms with Gasteiger partial charge in [-0.15, -0.1) is 6.58 Å². The third-order valence-electron chi connectivity index (χ3n) is 2.18. The standard InChI is InChI=1S/C11H17NSi/c1-4-10-12-13(2,3)11-8-6-5-7-9-11/h4-9,12H,1,10H2,2-3H3. The summed E-state index contributed by atoms with van der Waals surface area (Å²) in [6, 6.07) is 10.6. The molecule has 0 aromatic heterocycles. The molecule has 2 heteroatoms. The predicted molar refractivity (Wildman–Crippen MR) is 61.8 cm³/mol. The Labute approximate surface area is 81.6 Å². The van der Waals surface area contributed by atoms with Gasteiger partial charge in [-0.25, -0.2) is 0 Å². The Kier molecular flexibility index (Phi) is 3.45. The number of rotatable bonds is 4. The van der Waals surface area contributed by atoms with E-state index in [0.717, 1.165) is 6.54 Å². The Hall–Kier alpha value is -0.863. The molecular formula is C11H17NSi. The van der Waals surface area contributed by atoms with Gasteiger partial charge in [0.25, 0.3) is 0 Å². The summed E-state index contributed by atoms with van der Waals surface area (Å²) in [6.45, 7) is 9.24. The highest BCUT2D eigenvalue weighted by molar-refractivity contribution is 6.87. The van der Waals surface area contributed by atoms with Crippen LogP contribution in [0.3, 0.4) is 0 Å². The highest BCUT2D eigenvalue weighted by Gasteiger charge is 2.21. The van der Waals surface area contributed by atoms with Gasteiger partial charge >= 0.3 is 0 Å². The normalized spacial score (nSPS) is 11.2. The second-order valence-corrected chi connectivity index (χ2v) is 7.84. The SMILES string of the molecule is C=CCN[Si](C)(C)c1ccccc1. The Bertz CT molecular complexity index is 267. The molecule has 0 atom stereocenters. The smallest absolute Gasteiger partial charge is 0.151 e. The van der Waals surface area contributed by atoms with Crippen LogP contribution in [0.1, 0.15) is 0 Å². The molecule has 1 N–H and O–H groups in total. The summed E-state index contributed by atoms with van der Waals surface area (Å²) in [6.07, 6.45) is 1.91. The van der Waals surface area contributed by atoms with Crippen LogP contribution in [-0.2, 0) is 0 Å². The van der Waals surface area contributed by atoms with Crippen LogP contribution in [0.2, 0.25) is 13.1 Å². The van der Waals surface area contributed by atoms with Crippen LogP contribution in [-0.4, -0.2) is 14.8 Å². The summed E-state index contributed by atoms with van der Waals surface area (Å²) in [5.41, 5.74) is 0. The lowest BCUT2D eigenvalue weighted by Crippen LogP contribution is -2.55. The highest BCUT2D eigenvalue weighted by atomic mass is 28.3. The van der Waals surface area contributed by atoms with E-state index in [0.29, 0.717) is 0 Å². The molecule has 0 saturated heterocycles. The van der Waals surface area contributed by atoms with E-state index in [1.165, 1.54) is 5.19 Å². The van der Waals surface area contributed by atoms with Crippen molar-refractivity contribution in [3.8, 4) is 0 Å². The van der Waals surface area contributed by atoms with E-state index >= 15 is 0 Å².